The fraction of sp³-hybridized carbons (Fsp3) is 0.160. The maximum absolute atomic E-state index is 5.80. The normalized spacial score (nSPS) is 11.3. The molecule has 3 aromatic heterocycles. The molecule has 0 aliphatic heterocycles. The van der Waals surface area contributed by atoms with Crippen LogP contribution in [0.5, 0.6) is 5.75 Å². The van der Waals surface area contributed by atoms with Gasteiger partial charge >= 0.3 is 0 Å². The average molecular weight is 425 g/mol. The van der Waals surface area contributed by atoms with Gasteiger partial charge in [-0.05, 0) is 50.5 Å². The molecule has 5 rings (SSSR count). The Kier molecular flexibility index (Phi) is 5.39. The highest BCUT2D eigenvalue weighted by Crippen LogP contribution is 2.34. The summed E-state index contributed by atoms with van der Waals surface area (Å²) in [7, 11) is 4.06. The number of rotatable bonds is 7. The minimum Gasteiger partial charge on any atom is -0.492 e. The van der Waals surface area contributed by atoms with Crippen LogP contribution in [-0.4, -0.2) is 52.1 Å². The van der Waals surface area contributed by atoms with Gasteiger partial charge < -0.3 is 19.9 Å². The summed E-state index contributed by atoms with van der Waals surface area (Å²) in [5.41, 5.74) is 2.76. The van der Waals surface area contributed by atoms with Crippen molar-refractivity contribution in [1.29, 1.82) is 0 Å². The molecule has 0 aliphatic carbocycles. The van der Waals surface area contributed by atoms with Crippen molar-refractivity contribution in [3.8, 4) is 17.1 Å². The van der Waals surface area contributed by atoms with E-state index in [-0.39, 0.29) is 0 Å². The van der Waals surface area contributed by atoms with Crippen LogP contribution in [0.25, 0.3) is 33.1 Å². The monoisotopic (exact) mass is 424 g/mol. The van der Waals surface area contributed by atoms with Crippen LogP contribution in [-0.2, 0) is 0 Å². The molecule has 0 saturated heterocycles. The number of ether oxygens (including phenoxy) is 1. The Bertz CT molecular complexity index is 1350. The van der Waals surface area contributed by atoms with Crippen LogP contribution in [0.2, 0.25) is 0 Å². The van der Waals surface area contributed by atoms with Crippen molar-refractivity contribution >= 4 is 33.2 Å². The van der Waals surface area contributed by atoms with E-state index in [1.54, 1.807) is 12.4 Å². The van der Waals surface area contributed by atoms with Crippen molar-refractivity contribution in [3.63, 3.8) is 0 Å². The summed E-state index contributed by atoms with van der Waals surface area (Å²) in [6.07, 6.45) is 7.24. The standard InChI is InChI=1S/C25H24N6O/c1-31(2)14-15-32-18-8-6-17(7-9-18)29-25-20-10-11-26-16-22(20)19-4-3-5-21(23(19)30-25)24-27-12-13-28-24/h3-13,16H,14-15H2,1-2H3,(H,27,28)(H,29,30). The zero-order valence-electron chi connectivity index (χ0n) is 18.0. The molecular formula is C25H24N6O. The number of hydrogen-bond acceptors (Lipinski definition) is 6. The number of likely N-dealkylation sites (N-methyl/N-ethyl adjacent to an activating group) is 1. The summed E-state index contributed by atoms with van der Waals surface area (Å²) in [6.45, 7) is 1.53. The maximum Gasteiger partial charge on any atom is 0.139 e. The SMILES string of the molecule is CN(C)CCOc1ccc(Nc2nc3c(-c4ncc[nH]4)cccc3c3cnccc23)cc1. The minimum atomic E-state index is 0.652. The molecule has 2 N–H and O–H groups in total. The van der Waals surface area contributed by atoms with Crippen LogP contribution in [0, 0.1) is 0 Å². The third-order valence-electron chi connectivity index (χ3n) is 5.30. The molecule has 2 aromatic carbocycles. The molecule has 7 nitrogen and oxygen atoms in total. The Morgan fingerprint density at radius 2 is 1.84 bits per heavy atom. The van der Waals surface area contributed by atoms with Crippen LogP contribution in [0.15, 0.2) is 73.3 Å². The second-order valence-electron chi connectivity index (χ2n) is 7.82. The summed E-state index contributed by atoms with van der Waals surface area (Å²) in [6, 6.07) is 16.1. The number of pyridine rings is 2. The second kappa shape index (κ2) is 8.64. The Morgan fingerprint density at radius 1 is 0.969 bits per heavy atom. The Balaban J connectivity index is 1.53. The number of imidazole rings is 1. The zero-order chi connectivity index (χ0) is 21.9. The lowest BCUT2D eigenvalue weighted by Gasteiger charge is -2.14. The third-order valence-corrected chi connectivity index (χ3v) is 5.30. The number of H-pyrrole nitrogens is 1. The maximum atomic E-state index is 5.80. The van der Waals surface area contributed by atoms with Gasteiger partial charge in [0.05, 0.1) is 5.52 Å². The first-order valence-corrected chi connectivity index (χ1v) is 10.5. The van der Waals surface area contributed by atoms with Crippen LogP contribution < -0.4 is 10.1 Å². The van der Waals surface area contributed by atoms with Crippen LogP contribution in [0.4, 0.5) is 11.5 Å². The van der Waals surface area contributed by atoms with Gasteiger partial charge in [-0.25, -0.2) is 9.97 Å². The Labute approximate surface area is 186 Å². The van der Waals surface area contributed by atoms with E-state index in [2.05, 4.69) is 31.2 Å². The van der Waals surface area contributed by atoms with E-state index in [1.807, 2.05) is 69.0 Å². The van der Waals surface area contributed by atoms with Crippen molar-refractivity contribution in [2.45, 2.75) is 0 Å². The molecule has 0 saturated carbocycles. The second-order valence-corrected chi connectivity index (χ2v) is 7.82. The number of hydrogen-bond donors (Lipinski definition) is 2. The minimum absolute atomic E-state index is 0.652. The summed E-state index contributed by atoms with van der Waals surface area (Å²) in [5.74, 6) is 2.41. The average Bonchev–Trinajstić information content (AvgIpc) is 3.35. The Morgan fingerprint density at radius 3 is 2.62 bits per heavy atom. The largest absolute Gasteiger partial charge is 0.492 e. The lowest BCUT2D eigenvalue weighted by atomic mass is 10.0. The van der Waals surface area contributed by atoms with Gasteiger partial charge in [0.1, 0.15) is 24.0 Å². The summed E-state index contributed by atoms with van der Waals surface area (Å²) >= 11 is 0. The topological polar surface area (TPSA) is 79.0 Å². The predicted octanol–water partition coefficient (Wildman–Crippen LogP) is 4.86. The first-order valence-electron chi connectivity index (χ1n) is 10.5. The molecule has 0 fully saturated rings. The number of anilines is 2. The third kappa shape index (κ3) is 3.98. The molecule has 0 spiro atoms. The zero-order valence-corrected chi connectivity index (χ0v) is 18.0. The number of aromatic nitrogens is 4. The molecule has 32 heavy (non-hydrogen) atoms. The van der Waals surface area contributed by atoms with E-state index in [0.29, 0.717) is 6.61 Å². The van der Waals surface area contributed by atoms with Crippen LogP contribution in [0.1, 0.15) is 0 Å². The van der Waals surface area contributed by atoms with E-state index in [1.165, 1.54) is 0 Å². The van der Waals surface area contributed by atoms with E-state index >= 15 is 0 Å². The van der Waals surface area contributed by atoms with Crippen molar-refractivity contribution < 1.29 is 4.74 Å². The lowest BCUT2D eigenvalue weighted by molar-refractivity contribution is 0.261. The van der Waals surface area contributed by atoms with Gasteiger partial charge in [-0.1, -0.05) is 12.1 Å². The van der Waals surface area contributed by atoms with E-state index < -0.39 is 0 Å². The number of nitrogens with one attached hydrogen (secondary N) is 2. The highest BCUT2D eigenvalue weighted by molar-refractivity contribution is 6.13. The van der Waals surface area contributed by atoms with E-state index in [9.17, 15) is 0 Å². The highest BCUT2D eigenvalue weighted by Gasteiger charge is 2.14. The van der Waals surface area contributed by atoms with Gasteiger partial charge in [0.2, 0.25) is 0 Å². The number of benzene rings is 2. The highest BCUT2D eigenvalue weighted by atomic mass is 16.5. The van der Waals surface area contributed by atoms with Crippen molar-refractivity contribution in [2.24, 2.45) is 0 Å². The summed E-state index contributed by atoms with van der Waals surface area (Å²) in [4.78, 5) is 19.1. The molecule has 0 radical (unpaired) electrons. The first kappa shape index (κ1) is 20.0. The predicted molar refractivity (Wildman–Crippen MR) is 128 cm³/mol. The molecule has 3 heterocycles. The molecule has 160 valence electrons. The first-order chi connectivity index (χ1) is 15.7. The molecule has 5 aromatic rings. The van der Waals surface area contributed by atoms with Gasteiger partial charge in [-0.3, -0.25) is 4.98 Å². The number of aromatic amines is 1. The van der Waals surface area contributed by atoms with Gasteiger partial charge in [0.15, 0.2) is 0 Å². The van der Waals surface area contributed by atoms with Crippen molar-refractivity contribution in [2.75, 3.05) is 32.6 Å². The fourth-order valence-electron chi connectivity index (χ4n) is 3.69. The molecule has 7 heteroatoms. The number of nitrogens with zero attached hydrogens (tertiary/aromatic N) is 4. The van der Waals surface area contributed by atoms with Gasteiger partial charge in [-0.2, -0.15) is 0 Å². The molecule has 0 bridgehead atoms. The van der Waals surface area contributed by atoms with E-state index in [4.69, 9.17) is 9.72 Å². The van der Waals surface area contributed by atoms with Gasteiger partial charge in [-0.15, -0.1) is 0 Å². The molecule has 0 atom stereocenters. The smallest absolute Gasteiger partial charge is 0.139 e. The van der Waals surface area contributed by atoms with Gasteiger partial charge in [0, 0.05) is 58.7 Å². The van der Waals surface area contributed by atoms with Gasteiger partial charge in [0.25, 0.3) is 0 Å². The molecule has 0 aliphatic rings. The Hall–Kier alpha value is -3.97. The fourth-order valence-corrected chi connectivity index (χ4v) is 3.69. The van der Waals surface area contributed by atoms with Crippen molar-refractivity contribution in [3.05, 3.63) is 73.3 Å². The molecule has 0 amide bonds. The number of para-hydroxylation sites is 1. The summed E-state index contributed by atoms with van der Waals surface area (Å²) in [5, 5.41) is 6.57. The van der Waals surface area contributed by atoms with Crippen LogP contribution >= 0.6 is 0 Å². The molecular weight excluding hydrogens is 400 g/mol. The number of fused-ring (bicyclic) bond motifs is 3. The molecule has 0 unspecified atom stereocenters. The van der Waals surface area contributed by atoms with Crippen LogP contribution in [0.3, 0.4) is 0 Å². The van der Waals surface area contributed by atoms with E-state index in [0.717, 1.165) is 56.9 Å². The van der Waals surface area contributed by atoms with Crippen molar-refractivity contribution in [1.82, 2.24) is 24.8 Å². The summed E-state index contributed by atoms with van der Waals surface area (Å²) < 4.78 is 5.80. The quantitative estimate of drug-likeness (QED) is 0.363. The lowest BCUT2D eigenvalue weighted by Crippen LogP contribution is -2.19.